The number of aryl methyl sites for hydroxylation is 3. The molecule has 0 atom stereocenters. The predicted octanol–water partition coefficient (Wildman–Crippen LogP) is 3.57. The van der Waals surface area contributed by atoms with Gasteiger partial charge in [0, 0.05) is 19.7 Å². The van der Waals surface area contributed by atoms with E-state index in [0.29, 0.717) is 25.9 Å². The van der Waals surface area contributed by atoms with Gasteiger partial charge in [0.2, 0.25) is 5.91 Å². The summed E-state index contributed by atoms with van der Waals surface area (Å²) in [4.78, 5) is 14.6. The third kappa shape index (κ3) is 5.20. The van der Waals surface area contributed by atoms with Gasteiger partial charge in [-0.3, -0.25) is 4.79 Å². The minimum atomic E-state index is 0.0985. The van der Waals surface area contributed by atoms with E-state index in [9.17, 15) is 4.79 Å². The Bertz CT molecular complexity index is 677. The molecule has 0 saturated carbocycles. The molecule has 0 spiro atoms. The lowest BCUT2D eigenvalue weighted by atomic mass is 10.0. The standard InChI is InChI=1S/C21H27NO2/c1-16-5-8-19(9-6-16)15-22(11-4-12-23)21(24)14-20-10-7-17(2)18(3)13-20/h5-10,13,23H,4,11-12,14-15H2,1-3H3. The fourth-order valence-electron chi connectivity index (χ4n) is 2.67. The average molecular weight is 325 g/mol. The minimum Gasteiger partial charge on any atom is -0.396 e. The van der Waals surface area contributed by atoms with E-state index in [1.54, 1.807) is 0 Å². The molecule has 0 unspecified atom stereocenters. The summed E-state index contributed by atoms with van der Waals surface area (Å²) in [6.07, 6.45) is 1.00. The molecular weight excluding hydrogens is 298 g/mol. The molecule has 3 nitrogen and oxygen atoms in total. The molecule has 3 heteroatoms. The third-order valence-electron chi connectivity index (χ3n) is 4.36. The highest BCUT2D eigenvalue weighted by atomic mass is 16.3. The van der Waals surface area contributed by atoms with Crippen molar-refractivity contribution in [3.05, 3.63) is 70.3 Å². The van der Waals surface area contributed by atoms with Crippen LogP contribution in [-0.2, 0) is 17.8 Å². The van der Waals surface area contributed by atoms with Gasteiger partial charge in [-0.2, -0.15) is 0 Å². The van der Waals surface area contributed by atoms with Crippen molar-refractivity contribution in [2.75, 3.05) is 13.2 Å². The lowest BCUT2D eigenvalue weighted by Crippen LogP contribution is -2.33. The Balaban J connectivity index is 2.08. The Hall–Kier alpha value is -2.13. The van der Waals surface area contributed by atoms with Gasteiger partial charge in [0.05, 0.1) is 6.42 Å². The van der Waals surface area contributed by atoms with Crippen LogP contribution in [0.4, 0.5) is 0 Å². The highest BCUT2D eigenvalue weighted by Gasteiger charge is 2.14. The Morgan fingerprint density at radius 2 is 1.62 bits per heavy atom. The first-order chi connectivity index (χ1) is 11.5. The maximum Gasteiger partial charge on any atom is 0.227 e. The number of aliphatic hydroxyl groups excluding tert-OH is 1. The summed E-state index contributed by atoms with van der Waals surface area (Å²) in [5.41, 5.74) is 5.82. The lowest BCUT2D eigenvalue weighted by Gasteiger charge is -2.23. The van der Waals surface area contributed by atoms with Crippen molar-refractivity contribution in [1.29, 1.82) is 0 Å². The third-order valence-corrected chi connectivity index (χ3v) is 4.36. The van der Waals surface area contributed by atoms with E-state index in [2.05, 4.69) is 57.2 Å². The summed E-state index contributed by atoms with van der Waals surface area (Å²) >= 11 is 0. The zero-order valence-electron chi connectivity index (χ0n) is 14.9. The summed E-state index contributed by atoms with van der Waals surface area (Å²) < 4.78 is 0. The number of rotatable bonds is 7. The number of amides is 1. The van der Waals surface area contributed by atoms with Crippen molar-refractivity contribution < 1.29 is 9.90 Å². The van der Waals surface area contributed by atoms with Gasteiger partial charge in [-0.15, -0.1) is 0 Å². The molecular formula is C21H27NO2. The SMILES string of the molecule is Cc1ccc(CN(CCCO)C(=O)Cc2ccc(C)c(C)c2)cc1. The van der Waals surface area contributed by atoms with Gasteiger partial charge in [-0.25, -0.2) is 0 Å². The molecule has 0 radical (unpaired) electrons. The first-order valence-corrected chi connectivity index (χ1v) is 8.50. The quantitative estimate of drug-likeness (QED) is 0.845. The Morgan fingerprint density at radius 1 is 0.958 bits per heavy atom. The molecule has 128 valence electrons. The zero-order valence-corrected chi connectivity index (χ0v) is 14.9. The monoisotopic (exact) mass is 325 g/mol. The first-order valence-electron chi connectivity index (χ1n) is 8.50. The predicted molar refractivity (Wildman–Crippen MR) is 97.9 cm³/mol. The Kier molecular flexibility index (Phi) is 6.56. The molecule has 0 bridgehead atoms. The van der Waals surface area contributed by atoms with Crippen LogP contribution in [0, 0.1) is 20.8 Å². The minimum absolute atomic E-state index is 0.0985. The number of carbonyl (C=O) groups is 1. The number of hydrogen-bond acceptors (Lipinski definition) is 2. The summed E-state index contributed by atoms with van der Waals surface area (Å²) in [6, 6.07) is 14.4. The normalized spacial score (nSPS) is 10.7. The van der Waals surface area contributed by atoms with Crippen molar-refractivity contribution in [2.45, 2.75) is 40.2 Å². The fraction of sp³-hybridized carbons (Fsp3) is 0.381. The Morgan fingerprint density at radius 3 is 2.25 bits per heavy atom. The van der Waals surface area contributed by atoms with Crippen molar-refractivity contribution in [3.63, 3.8) is 0 Å². The summed E-state index contributed by atoms with van der Waals surface area (Å²) in [6.45, 7) is 7.46. The van der Waals surface area contributed by atoms with Crippen molar-refractivity contribution in [3.8, 4) is 0 Å². The lowest BCUT2D eigenvalue weighted by molar-refractivity contribution is -0.131. The molecule has 0 aliphatic heterocycles. The van der Waals surface area contributed by atoms with E-state index < -0.39 is 0 Å². The van der Waals surface area contributed by atoms with Crippen molar-refractivity contribution >= 4 is 5.91 Å². The number of aliphatic hydroxyl groups is 1. The smallest absolute Gasteiger partial charge is 0.227 e. The number of nitrogens with zero attached hydrogens (tertiary/aromatic N) is 1. The molecule has 0 aliphatic carbocycles. The number of hydrogen-bond donors (Lipinski definition) is 1. The van der Waals surface area contributed by atoms with Gasteiger partial charge in [-0.1, -0.05) is 48.0 Å². The largest absolute Gasteiger partial charge is 0.396 e. The van der Waals surface area contributed by atoms with Gasteiger partial charge in [-0.05, 0) is 49.4 Å². The molecule has 0 aliphatic rings. The van der Waals surface area contributed by atoms with Crippen LogP contribution in [0.5, 0.6) is 0 Å². The van der Waals surface area contributed by atoms with Gasteiger partial charge in [0.15, 0.2) is 0 Å². The van der Waals surface area contributed by atoms with E-state index in [0.717, 1.165) is 11.1 Å². The molecule has 2 rings (SSSR count). The van der Waals surface area contributed by atoms with E-state index in [-0.39, 0.29) is 12.5 Å². The average Bonchev–Trinajstić information content (AvgIpc) is 2.56. The summed E-state index contributed by atoms with van der Waals surface area (Å²) in [5.74, 6) is 0.104. The van der Waals surface area contributed by atoms with Crippen LogP contribution in [0.25, 0.3) is 0 Å². The van der Waals surface area contributed by atoms with Crippen molar-refractivity contribution in [1.82, 2.24) is 4.90 Å². The Labute approximate surface area is 144 Å². The van der Waals surface area contributed by atoms with E-state index in [1.807, 2.05) is 11.0 Å². The van der Waals surface area contributed by atoms with Gasteiger partial charge >= 0.3 is 0 Å². The fourth-order valence-corrected chi connectivity index (χ4v) is 2.67. The first kappa shape index (κ1) is 18.2. The second-order valence-corrected chi connectivity index (χ2v) is 6.47. The zero-order chi connectivity index (χ0) is 17.5. The molecule has 24 heavy (non-hydrogen) atoms. The second-order valence-electron chi connectivity index (χ2n) is 6.47. The molecule has 2 aromatic rings. The van der Waals surface area contributed by atoms with Crippen LogP contribution in [0.3, 0.4) is 0 Å². The van der Waals surface area contributed by atoms with E-state index in [1.165, 1.54) is 16.7 Å². The summed E-state index contributed by atoms with van der Waals surface area (Å²) in [7, 11) is 0. The summed E-state index contributed by atoms with van der Waals surface area (Å²) in [5, 5.41) is 9.12. The highest BCUT2D eigenvalue weighted by molar-refractivity contribution is 5.78. The van der Waals surface area contributed by atoms with E-state index >= 15 is 0 Å². The molecule has 0 fully saturated rings. The highest BCUT2D eigenvalue weighted by Crippen LogP contribution is 2.13. The number of carbonyl (C=O) groups excluding carboxylic acids is 1. The van der Waals surface area contributed by atoms with Crippen LogP contribution in [0.2, 0.25) is 0 Å². The van der Waals surface area contributed by atoms with Gasteiger partial charge in [0.1, 0.15) is 0 Å². The van der Waals surface area contributed by atoms with Crippen LogP contribution < -0.4 is 0 Å². The molecule has 1 N–H and O–H groups in total. The van der Waals surface area contributed by atoms with Gasteiger partial charge < -0.3 is 10.0 Å². The maximum absolute atomic E-state index is 12.7. The van der Waals surface area contributed by atoms with Crippen LogP contribution >= 0.6 is 0 Å². The maximum atomic E-state index is 12.7. The molecule has 2 aromatic carbocycles. The molecule has 0 aromatic heterocycles. The van der Waals surface area contributed by atoms with Crippen LogP contribution in [0.15, 0.2) is 42.5 Å². The van der Waals surface area contributed by atoms with Crippen LogP contribution in [-0.4, -0.2) is 29.1 Å². The topological polar surface area (TPSA) is 40.5 Å². The van der Waals surface area contributed by atoms with Gasteiger partial charge in [0.25, 0.3) is 0 Å². The second kappa shape index (κ2) is 8.65. The van der Waals surface area contributed by atoms with E-state index in [4.69, 9.17) is 5.11 Å². The molecule has 1 amide bonds. The molecule has 0 saturated heterocycles. The van der Waals surface area contributed by atoms with Crippen molar-refractivity contribution in [2.24, 2.45) is 0 Å². The van der Waals surface area contributed by atoms with Crippen LogP contribution in [0.1, 0.15) is 34.2 Å². The number of benzene rings is 2. The molecule has 0 heterocycles.